The van der Waals surface area contributed by atoms with Gasteiger partial charge < -0.3 is 4.90 Å². The Bertz CT molecular complexity index is 577. The number of piperazine rings is 1. The Morgan fingerprint density at radius 2 is 1.92 bits per heavy atom. The average molecular weight is 344 g/mol. The molecule has 3 aliphatic rings. The van der Waals surface area contributed by atoms with E-state index in [9.17, 15) is 0 Å². The Hall–Kier alpha value is -1.20. The van der Waals surface area contributed by atoms with Crippen LogP contribution in [0.4, 0.5) is 5.82 Å². The van der Waals surface area contributed by atoms with Crippen LogP contribution in [-0.4, -0.2) is 64.6 Å². The molecule has 0 N–H and O–H groups in total. The monoisotopic (exact) mass is 343 g/mol. The molecule has 0 radical (unpaired) electrons. The van der Waals surface area contributed by atoms with Gasteiger partial charge in [0.05, 0.1) is 5.69 Å². The van der Waals surface area contributed by atoms with Crippen LogP contribution in [0.5, 0.6) is 0 Å². The minimum atomic E-state index is 0.655. The van der Waals surface area contributed by atoms with Crippen molar-refractivity contribution in [2.24, 2.45) is 0 Å². The highest BCUT2D eigenvalue weighted by atomic mass is 15.3. The van der Waals surface area contributed by atoms with E-state index in [1.807, 2.05) is 0 Å². The topological polar surface area (TPSA) is 35.5 Å². The largest absolute Gasteiger partial charge is 0.354 e. The lowest BCUT2D eigenvalue weighted by atomic mass is 9.91. The van der Waals surface area contributed by atoms with Crippen molar-refractivity contribution in [1.29, 1.82) is 0 Å². The Morgan fingerprint density at radius 3 is 2.60 bits per heavy atom. The van der Waals surface area contributed by atoms with Crippen LogP contribution in [0.25, 0.3) is 0 Å². The first-order valence-electron chi connectivity index (χ1n) is 10.3. The molecule has 5 heteroatoms. The molecule has 1 saturated carbocycles. The van der Waals surface area contributed by atoms with Gasteiger partial charge in [0.2, 0.25) is 0 Å². The van der Waals surface area contributed by atoms with Gasteiger partial charge >= 0.3 is 0 Å². The summed E-state index contributed by atoms with van der Waals surface area (Å²) >= 11 is 0. The molecule has 1 saturated heterocycles. The van der Waals surface area contributed by atoms with Gasteiger partial charge in [0, 0.05) is 56.9 Å². The van der Waals surface area contributed by atoms with Crippen LogP contribution in [0.15, 0.2) is 6.33 Å². The van der Waals surface area contributed by atoms with E-state index in [1.54, 1.807) is 6.33 Å². The molecule has 0 spiro atoms. The Balaban J connectivity index is 1.43. The van der Waals surface area contributed by atoms with Crippen molar-refractivity contribution in [3.63, 3.8) is 0 Å². The third kappa shape index (κ3) is 3.54. The maximum Gasteiger partial charge on any atom is 0.135 e. The van der Waals surface area contributed by atoms with E-state index in [4.69, 9.17) is 4.98 Å². The summed E-state index contributed by atoms with van der Waals surface area (Å²) in [5.74, 6) is 1.22. The quantitative estimate of drug-likeness (QED) is 0.821. The summed E-state index contributed by atoms with van der Waals surface area (Å²) < 4.78 is 0. The average Bonchev–Trinajstić information content (AvgIpc) is 2.60. The van der Waals surface area contributed by atoms with E-state index in [1.165, 1.54) is 62.3 Å². The second kappa shape index (κ2) is 7.58. The van der Waals surface area contributed by atoms with Gasteiger partial charge in [0.1, 0.15) is 12.1 Å². The van der Waals surface area contributed by atoms with Crippen LogP contribution < -0.4 is 4.90 Å². The normalized spacial score (nSPS) is 24.0. The molecule has 0 amide bonds. The molecule has 1 atom stereocenters. The van der Waals surface area contributed by atoms with Gasteiger partial charge in [-0.05, 0) is 32.6 Å². The maximum atomic E-state index is 4.70. The van der Waals surface area contributed by atoms with E-state index in [2.05, 4.69) is 33.5 Å². The van der Waals surface area contributed by atoms with Crippen molar-refractivity contribution in [1.82, 2.24) is 19.8 Å². The van der Waals surface area contributed by atoms with Crippen molar-refractivity contribution in [2.45, 2.75) is 71.0 Å². The van der Waals surface area contributed by atoms with Crippen molar-refractivity contribution in [3.05, 3.63) is 17.6 Å². The van der Waals surface area contributed by atoms with E-state index in [0.29, 0.717) is 6.04 Å². The molecule has 0 bridgehead atoms. The first kappa shape index (κ1) is 17.2. The maximum absolute atomic E-state index is 4.70. The molecular formula is C20H33N5. The van der Waals surface area contributed by atoms with Crippen LogP contribution in [0.1, 0.15) is 57.2 Å². The lowest BCUT2D eigenvalue weighted by Crippen LogP contribution is -2.52. The first-order chi connectivity index (χ1) is 12.3. The summed E-state index contributed by atoms with van der Waals surface area (Å²) in [6.07, 6.45) is 9.67. The summed E-state index contributed by atoms with van der Waals surface area (Å²) in [4.78, 5) is 17.2. The van der Waals surface area contributed by atoms with Crippen LogP contribution in [0.2, 0.25) is 0 Å². The SMILES string of the molecule is CCCC(C)N1CCc2c(ncnc2N2CCN(C3CCC3)CC2)C1. The van der Waals surface area contributed by atoms with E-state index in [-0.39, 0.29) is 0 Å². The van der Waals surface area contributed by atoms with Gasteiger partial charge in [-0.3, -0.25) is 9.80 Å². The van der Waals surface area contributed by atoms with Crippen LogP contribution >= 0.6 is 0 Å². The van der Waals surface area contributed by atoms with Crippen LogP contribution in [-0.2, 0) is 13.0 Å². The predicted octanol–water partition coefficient (Wildman–Crippen LogP) is 2.70. The Kier molecular flexibility index (Phi) is 5.23. The zero-order valence-corrected chi connectivity index (χ0v) is 16.0. The van der Waals surface area contributed by atoms with Crippen molar-refractivity contribution < 1.29 is 0 Å². The number of hydrogen-bond acceptors (Lipinski definition) is 5. The third-order valence-electron chi connectivity index (χ3n) is 6.55. The summed E-state index contributed by atoms with van der Waals surface area (Å²) in [6, 6.07) is 1.53. The molecular weight excluding hydrogens is 310 g/mol. The number of hydrogen-bond donors (Lipinski definition) is 0. The summed E-state index contributed by atoms with van der Waals surface area (Å²) in [7, 11) is 0. The molecule has 0 aromatic carbocycles. The Labute approximate surface area is 152 Å². The van der Waals surface area contributed by atoms with E-state index < -0.39 is 0 Å². The molecule has 138 valence electrons. The molecule has 25 heavy (non-hydrogen) atoms. The zero-order chi connectivity index (χ0) is 17.2. The van der Waals surface area contributed by atoms with E-state index >= 15 is 0 Å². The molecule has 1 aromatic heterocycles. The van der Waals surface area contributed by atoms with Gasteiger partial charge in [-0.2, -0.15) is 0 Å². The van der Waals surface area contributed by atoms with Crippen molar-refractivity contribution in [2.75, 3.05) is 37.6 Å². The van der Waals surface area contributed by atoms with Gasteiger partial charge in [-0.25, -0.2) is 9.97 Å². The van der Waals surface area contributed by atoms with E-state index in [0.717, 1.165) is 38.6 Å². The summed E-state index contributed by atoms with van der Waals surface area (Å²) in [6.45, 7) is 11.4. The number of fused-ring (bicyclic) bond motifs is 1. The van der Waals surface area contributed by atoms with Crippen LogP contribution in [0.3, 0.4) is 0 Å². The van der Waals surface area contributed by atoms with Gasteiger partial charge in [-0.15, -0.1) is 0 Å². The molecule has 1 unspecified atom stereocenters. The fraction of sp³-hybridized carbons (Fsp3) is 0.800. The zero-order valence-electron chi connectivity index (χ0n) is 16.0. The fourth-order valence-corrected chi connectivity index (χ4v) is 4.66. The second-order valence-electron chi connectivity index (χ2n) is 8.09. The molecule has 3 heterocycles. The lowest BCUT2D eigenvalue weighted by molar-refractivity contribution is 0.120. The standard InChI is InChI=1S/C20H33N5/c1-3-5-16(2)25-9-8-18-19(14-25)21-15-22-20(18)24-12-10-23(11-13-24)17-6-4-7-17/h15-17H,3-14H2,1-2H3. The predicted molar refractivity (Wildman–Crippen MR) is 102 cm³/mol. The summed E-state index contributed by atoms with van der Waals surface area (Å²) in [5, 5.41) is 0. The molecule has 2 aliphatic heterocycles. The molecule has 5 nitrogen and oxygen atoms in total. The third-order valence-corrected chi connectivity index (χ3v) is 6.55. The lowest BCUT2D eigenvalue weighted by Gasteiger charge is -2.44. The van der Waals surface area contributed by atoms with Gasteiger partial charge in [-0.1, -0.05) is 19.8 Å². The highest BCUT2D eigenvalue weighted by molar-refractivity contribution is 5.50. The van der Waals surface area contributed by atoms with Crippen LogP contribution in [0, 0.1) is 0 Å². The minimum absolute atomic E-state index is 0.655. The minimum Gasteiger partial charge on any atom is -0.354 e. The van der Waals surface area contributed by atoms with Crippen molar-refractivity contribution in [3.8, 4) is 0 Å². The first-order valence-corrected chi connectivity index (χ1v) is 10.3. The highest BCUT2D eigenvalue weighted by Gasteiger charge is 2.30. The summed E-state index contributed by atoms with van der Waals surface area (Å²) in [5.41, 5.74) is 2.68. The number of anilines is 1. The number of rotatable bonds is 5. The van der Waals surface area contributed by atoms with Gasteiger partial charge in [0.15, 0.2) is 0 Å². The second-order valence-corrected chi connectivity index (χ2v) is 8.09. The Morgan fingerprint density at radius 1 is 1.12 bits per heavy atom. The number of aromatic nitrogens is 2. The molecule has 1 aromatic rings. The smallest absolute Gasteiger partial charge is 0.135 e. The molecule has 1 aliphatic carbocycles. The molecule has 2 fully saturated rings. The molecule has 4 rings (SSSR count). The van der Waals surface area contributed by atoms with Gasteiger partial charge in [0.25, 0.3) is 0 Å². The van der Waals surface area contributed by atoms with Crippen molar-refractivity contribution >= 4 is 5.82 Å². The fourth-order valence-electron chi connectivity index (χ4n) is 4.66. The highest BCUT2D eigenvalue weighted by Crippen LogP contribution is 2.30. The number of nitrogens with zero attached hydrogens (tertiary/aromatic N) is 5.